The fraction of sp³-hybridized carbons (Fsp3) is 0.545. The summed E-state index contributed by atoms with van der Waals surface area (Å²) in [6.07, 6.45) is -0.347. The van der Waals surface area contributed by atoms with Gasteiger partial charge in [-0.1, -0.05) is 13.8 Å². The van der Waals surface area contributed by atoms with Crippen LogP contribution in [0, 0.1) is 5.92 Å². The number of benzene rings is 1. The molecule has 3 atom stereocenters. The molecule has 3 rings (SSSR count). The Bertz CT molecular complexity index is 929. The van der Waals surface area contributed by atoms with Gasteiger partial charge < -0.3 is 24.3 Å². The second-order valence-electron chi connectivity index (χ2n) is 8.09. The second kappa shape index (κ2) is 9.46. The minimum absolute atomic E-state index is 0.113. The van der Waals surface area contributed by atoms with Crippen molar-refractivity contribution in [2.45, 2.75) is 51.4 Å². The van der Waals surface area contributed by atoms with E-state index in [9.17, 15) is 19.2 Å². The number of nitrogens with zero attached hydrogens (tertiary/aromatic N) is 1. The lowest BCUT2D eigenvalue weighted by Gasteiger charge is -2.30. The summed E-state index contributed by atoms with van der Waals surface area (Å²) in [4.78, 5) is 51.8. The molecule has 1 aromatic rings. The molecular formula is C22H28N2O8. The number of carbonyl (C=O) groups excluding carboxylic acids is 4. The monoisotopic (exact) mass is 448 g/mol. The van der Waals surface area contributed by atoms with Crippen molar-refractivity contribution in [3.8, 4) is 11.5 Å². The van der Waals surface area contributed by atoms with Crippen molar-refractivity contribution in [3.05, 3.63) is 23.3 Å². The van der Waals surface area contributed by atoms with Crippen molar-refractivity contribution in [2.24, 2.45) is 5.92 Å². The normalized spacial score (nSPS) is 20.6. The Kier molecular flexibility index (Phi) is 6.90. The van der Waals surface area contributed by atoms with Crippen LogP contribution < -0.4 is 14.8 Å². The molecule has 2 aliphatic rings. The minimum Gasteiger partial charge on any atom is -0.493 e. The number of likely N-dealkylation sites (tertiary alicyclic amines) is 1. The lowest BCUT2D eigenvalue weighted by atomic mass is 10.0. The van der Waals surface area contributed by atoms with Crippen molar-refractivity contribution in [1.82, 2.24) is 10.2 Å². The molecule has 32 heavy (non-hydrogen) atoms. The molecule has 0 aromatic heterocycles. The van der Waals surface area contributed by atoms with Crippen LogP contribution in [-0.4, -0.2) is 62.1 Å². The van der Waals surface area contributed by atoms with Crippen molar-refractivity contribution in [2.75, 3.05) is 21.3 Å². The highest BCUT2D eigenvalue weighted by atomic mass is 16.6. The molecule has 0 radical (unpaired) electrons. The zero-order chi connectivity index (χ0) is 23.6. The first-order chi connectivity index (χ1) is 15.2. The van der Waals surface area contributed by atoms with E-state index >= 15 is 0 Å². The van der Waals surface area contributed by atoms with Crippen LogP contribution in [0.15, 0.2) is 12.1 Å². The Morgan fingerprint density at radius 3 is 2.50 bits per heavy atom. The number of carbonyl (C=O) groups is 4. The highest BCUT2D eigenvalue weighted by molar-refractivity contribution is 5.99. The van der Waals surface area contributed by atoms with Crippen LogP contribution in [0.4, 0.5) is 0 Å². The summed E-state index contributed by atoms with van der Waals surface area (Å²) in [6.45, 7) is 3.84. The van der Waals surface area contributed by atoms with Crippen LogP contribution in [0.5, 0.6) is 11.5 Å². The Labute approximate surface area is 186 Å². The van der Waals surface area contributed by atoms with Gasteiger partial charge in [0, 0.05) is 12.0 Å². The lowest BCUT2D eigenvalue weighted by Crippen LogP contribution is -2.51. The summed E-state index contributed by atoms with van der Waals surface area (Å²) < 4.78 is 20.9. The van der Waals surface area contributed by atoms with Gasteiger partial charge in [0.25, 0.3) is 0 Å². The smallest absolute Gasteiger partial charge is 0.344 e. The second-order valence-corrected chi connectivity index (χ2v) is 8.09. The van der Waals surface area contributed by atoms with Gasteiger partial charge in [0.05, 0.1) is 21.3 Å². The van der Waals surface area contributed by atoms with Crippen LogP contribution in [0.2, 0.25) is 0 Å². The number of amides is 2. The first kappa shape index (κ1) is 23.4. The van der Waals surface area contributed by atoms with Gasteiger partial charge in [-0.05, 0) is 30.9 Å². The molecule has 1 fully saturated rings. The fourth-order valence-corrected chi connectivity index (χ4v) is 4.14. The first-order valence-corrected chi connectivity index (χ1v) is 10.4. The molecule has 0 spiro atoms. The average molecular weight is 448 g/mol. The SMILES string of the molecule is COC(=O)[C@@H](CC(C)C)NC(=O)[C@H]1CCC(=O)N1[C@H]1OC(=O)c2c1ccc(OC)c2OC. The molecule has 0 aliphatic carbocycles. The average Bonchev–Trinajstić information content (AvgIpc) is 3.31. The van der Waals surface area contributed by atoms with Crippen LogP contribution in [-0.2, 0) is 23.9 Å². The van der Waals surface area contributed by atoms with E-state index in [4.69, 9.17) is 18.9 Å². The van der Waals surface area contributed by atoms with E-state index in [1.54, 1.807) is 12.1 Å². The molecule has 10 heteroatoms. The van der Waals surface area contributed by atoms with E-state index in [1.165, 1.54) is 26.2 Å². The Balaban J connectivity index is 1.90. The third-order valence-corrected chi connectivity index (χ3v) is 5.59. The molecule has 1 aromatic carbocycles. The van der Waals surface area contributed by atoms with Crippen molar-refractivity contribution < 1.29 is 38.1 Å². The van der Waals surface area contributed by atoms with Crippen LogP contribution >= 0.6 is 0 Å². The largest absolute Gasteiger partial charge is 0.493 e. The van der Waals surface area contributed by atoms with E-state index in [1.807, 2.05) is 13.8 Å². The maximum Gasteiger partial charge on any atom is 0.344 e. The first-order valence-electron chi connectivity index (χ1n) is 10.4. The maximum atomic E-state index is 13.1. The zero-order valence-electron chi connectivity index (χ0n) is 18.8. The van der Waals surface area contributed by atoms with Crippen LogP contribution in [0.1, 0.15) is 55.3 Å². The van der Waals surface area contributed by atoms with Crippen molar-refractivity contribution in [1.29, 1.82) is 0 Å². The molecular weight excluding hydrogens is 420 g/mol. The van der Waals surface area contributed by atoms with Crippen molar-refractivity contribution >= 4 is 23.8 Å². The summed E-state index contributed by atoms with van der Waals surface area (Å²) in [5, 5.41) is 2.70. The van der Waals surface area contributed by atoms with E-state index in [0.29, 0.717) is 17.7 Å². The Hall–Kier alpha value is -3.30. The quantitative estimate of drug-likeness (QED) is 0.595. The molecule has 0 saturated carbocycles. The number of esters is 2. The number of hydrogen-bond donors (Lipinski definition) is 1. The standard InChI is InChI=1S/C22H28N2O8/c1-11(2)10-13(21(27)31-5)23-19(26)14-7-9-16(25)24(14)20-12-6-8-15(29-3)18(30-4)17(12)22(28)32-20/h6,8,11,13-14,20H,7,9-10H2,1-5H3,(H,23,26)/t13-,14-,20+/m1/s1. The van der Waals surface area contributed by atoms with E-state index in [2.05, 4.69) is 5.32 Å². The van der Waals surface area contributed by atoms with Gasteiger partial charge in [-0.15, -0.1) is 0 Å². The fourth-order valence-electron chi connectivity index (χ4n) is 4.14. The molecule has 1 saturated heterocycles. The van der Waals surface area contributed by atoms with Gasteiger partial charge in [-0.25, -0.2) is 9.59 Å². The molecule has 10 nitrogen and oxygen atoms in total. The molecule has 2 amide bonds. The summed E-state index contributed by atoms with van der Waals surface area (Å²) in [5.41, 5.74) is 0.565. The molecule has 2 aliphatic heterocycles. The summed E-state index contributed by atoms with van der Waals surface area (Å²) in [7, 11) is 4.10. The summed E-state index contributed by atoms with van der Waals surface area (Å²) >= 11 is 0. The van der Waals surface area contributed by atoms with E-state index < -0.39 is 36.2 Å². The molecule has 174 valence electrons. The number of rotatable bonds is 8. The van der Waals surface area contributed by atoms with Gasteiger partial charge in [-0.3, -0.25) is 14.5 Å². The highest BCUT2D eigenvalue weighted by Gasteiger charge is 2.48. The van der Waals surface area contributed by atoms with E-state index in [-0.39, 0.29) is 36.0 Å². The van der Waals surface area contributed by atoms with Gasteiger partial charge >= 0.3 is 11.9 Å². The third-order valence-electron chi connectivity index (χ3n) is 5.59. The van der Waals surface area contributed by atoms with Gasteiger partial charge in [0.1, 0.15) is 17.6 Å². The highest BCUT2D eigenvalue weighted by Crippen LogP contribution is 2.45. The number of hydrogen-bond acceptors (Lipinski definition) is 8. The number of cyclic esters (lactones) is 1. The Morgan fingerprint density at radius 1 is 1.19 bits per heavy atom. The predicted octanol–water partition coefficient (Wildman–Crippen LogP) is 1.57. The number of fused-ring (bicyclic) bond motifs is 1. The number of ether oxygens (including phenoxy) is 4. The summed E-state index contributed by atoms with van der Waals surface area (Å²) in [6, 6.07) is 1.48. The van der Waals surface area contributed by atoms with Gasteiger partial charge in [-0.2, -0.15) is 0 Å². The van der Waals surface area contributed by atoms with Crippen molar-refractivity contribution in [3.63, 3.8) is 0 Å². The predicted molar refractivity (Wildman–Crippen MR) is 111 cm³/mol. The molecule has 0 bridgehead atoms. The minimum atomic E-state index is -1.08. The maximum absolute atomic E-state index is 13.1. The summed E-state index contributed by atoms with van der Waals surface area (Å²) in [5.74, 6) is -1.38. The zero-order valence-corrected chi connectivity index (χ0v) is 18.8. The molecule has 0 unspecified atom stereocenters. The number of methoxy groups -OCH3 is 3. The van der Waals surface area contributed by atoms with Gasteiger partial charge in [0.2, 0.25) is 18.0 Å². The number of nitrogens with one attached hydrogen (secondary N) is 1. The van der Waals surface area contributed by atoms with Crippen LogP contribution in [0.25, 0.3) is 0 Å². The topological polar surface area (TPSA) is 120 Å². The Morgan fingerprint density at radius 2 is 1.91 bits per heavy atom. The van der Waals surface area contributed by atoms with Gasteiger partial charge in [0.15, 0.2) is 11.5 Å². The third kappa shape index (κ3) is 4.21. The van der Waals surface area contributed by atoms with E-state index in [0.717, 1.165) is 0 Å². The molecule has 1 N–H and O–H groups in total. The lowest BCUT2D eigenvalue weighted by molar-refractivity contribution is -0.149. The molecule has 2 heterocycles. The van der Waals surface area contributed by atoms with Crippen LogP contribution in [0.3, 0.4) is 0 Å².